The van der Waals surface area contributed by atoms with Gasteiger partial charge in [0.15, 0.2) is 0 Å². The number of benzene rings is 1. The largest absolute Gasteiger partial charge is 0.325 e. The topological polar surface area (TPSA) is 67.0 Å². The third-order valence-corrected chi connectivity index (χ3v) is 5.42. The van der Waals surface area contributed by atoms with E-state index in [4.69, 9.17) is 0 Å². The minimum Gasteiger partial charge on any atom is -0.325 e. The van der Waals surface area contributed by atoms with Crippen LogP contribution in [0.4, 0.5) is 0 Å². The highest BCUT2D eigenvalue weighted by Crippen LogP contribution is 2.23. The Morgan fingerprint density at radius 1 is 1.00 bits per heavy atom. The highest BCUT2D eigenvalue weighted by molar-refractivity contribution is 7.91. The Bertz CT molecular complexity index is 792. The Morgan fingerprint density at radius 2 is 1.70 bits per heavy atom. The Balaban J connectivity index is 2.18. The summed E-state index contributed by atoms with van der Waals surface area (Å²) >= 11 is 0. The fraction of sp³-hybridized carbons (Fsp3) is 0.267. The number of aromatic amines is 1. The van der Waals surface area contributed by atoms with Gasteiger partial charge in [-0.3, -0.25) is 4.79 Å². The van der Waals surface area contributed by atoms with Gasteiger partial charge < -0.3 is 4.98 Å². The van der Waals surface area contributed by atoms with Crippen LogP contribution in [0.25, 0.3) is 0 Å². The van der Waals surface area contributed by atoms with E-state index in [1.54, 1.807) is 24.3 Å². The second kappa shape index (κ2) is 4.90. The van der Waals surface area contributed by atoms with Crippen LogP contribution in [0, 0.1) is 0 Å². The molecule has 1 heterocycles. The Morgan fingerprint density at radius 3 is 2.45 bits per heavy atom. The Kier molecular flexibility index (Phi) is 3.22. The number of hydrogen-bond donors (Lipinski definition) is 1. The van der Waals surface area contributed by atoms with E-state index < -0.39 is 15.4 Å². The maximum atomic E-state index is 12.5. The zero-order chi connectivity index (χ0) is 14.2. The summed E-state index contributed by atoms with van der Waals surface area (Å²) in [6.07, 6.45) is 3.71. The fourth-order valence-corrected chi connectivity index (χ4v) is 3.94. The number of sulfone groups is 1. The van der Waals surface area contributed by atoms with Gasteiger partial charge in [0.05, 0.1) is 4.90 Å². The van der Waals surface area contributed by atoms with Gasteiger partial charge in [-0.05, 0) is 49.4 Å². The van der Waals surface area contributed by atoms with Crippen molar-refractivity contribution in [2.24, 2.45) is 0 Å². The molecule has 104 valence electrons. The van der Waals surface area contributed by atoms with E-state index in [0.29, 0.717) is 0 Å². The SMILES string of the molecule is O=c1[nH]c2c(cc1S(=O)(=O)c1ccccc1)CCCC2. The van der Waals surface area contributed by atoms with Crippen LogP contribution in [0.3, 0.4) is 0 Å². The van der Waals surface area contributed by atoms with Crippen LogP contribution in [0.1, 0.15) is 24.1 Å². The van der Waals surface area contributed by atoms with Crippen LogP contribution in [0.5, 0.6) is 0 Å². The second-order valence-corrected chi connectivity index (χ2v) is 6.91. The van der Waals surface area contributed by atoms with Gasteiger partial charge >= 0.3 is 0 Å². The Hall–Kier alpha value is -1.88. The molecule has 2 aromatic rings. The van der Waals surface area contributed by atoms with Crippen LogP contribution < -0.4 is 5.56 Å². The molecule has 0 unspecified atom stereocenters. The van der Waals surface area contributed by atoms with Crippen LogP contribution >= 0.6 is 0 Å². The predicted octanol–water partition coefficient (Wildman–Crippen LogP) is 2.09. The van der Waals surface area contributed by atoms with Gasteiger partial charge in [0.25, 0.3) is 5.56 Å². The third kappa shape index (κ3) is 2.18. The smallest absolute Gasteiger partial charge is 0.267 e. The molecule has 0 aliphatic heterocycles. The van der Waals surface area contributed by atoms with Gasteiger partial charge in [0.1, 0.15) is 4.90 Å². The molecule has 0 radical (unpaired) electrons. The van der Waals surface area contributed by atoms with E-state index in [-0.39, 0.29) is 9.79 Å². The minimum absolute atomic E-state index is 0.149. The molecular weight excluding hydrogens is 274 g/mol. The van der Waals surface area contributed by atoms with Crippen LogP contribution in [0.2, 0.25) is 0 Å². The lowest BCUT2D eigenvalue weighted by Gasteiger charge is -2.16. The van der Waals surface area contributed by atoms with Gasteiger partial charge in [0.2, 0.25) is 9.84 Å². The average Bonchev–Trinajstić information content (AvgIpc) is 2.47. The van der Waals surface area contributed by atoms with Crippen molar-refractivity contribution in [2.45, 2.75) is 35.5 Å². The molecule has 1 N–H and O–H groups in total. The van der Waals surface area contributed by atoms with Gasteiger partial charge in [-0.25, -0.2) is 8.42 Å². The first-order chi connectivity index (χ1) is 9.59. The van der Waals surface area contributed by atoms with Crippen molar-refractivity contribution >= 4 is 9.84 Å². The summed E-state index contributed by atoms with van der Waals surface area (Å²) < 4.78 is 25.0. The zero-order valence-corrected chi connectivity index (χ0v) is 11.7. The Labute approximate surface area is 117 Å². The normalized spacial score (nSPS) is 14.8. The van der Waals surface area contributed by atoms with E-state index in [1.165, 1.54) is 12.1 Å². The number of hydrogen-bond acceptors (Lipinski definition) is 3. The minimum atomic E-state index is -3.75. The number of aromatic nitrogens is 1. The molecule has 0 saturated carbocycles. The number of pyridine rings is 1. The quantitative estimate of drug-likeness (QED) is 0.920. The van der Waals surface area contributed by atoms with Crippen molar-refractivity contribution < 1.29 is 8.42 Å². The van der Waals surface area contributed by atoms with Crippen LogP contribution in [0.15, 0.2) is 51.0 Å². The number of nitrogens with one attached hydrogen (secondary N) is 1. The lowest BCUT2D eigenvalue weighted by Crippen LogP contribution is -2.22. The molecule has 1 aliphatic rings. The van der Waals surface area contributed by atoms with Gasteiger partial charge in [0, 0.05) is 5.69 Å². The molecule has 1 aliphatic carbocycles. The predicted molar refractivity (Wildman–Crippen MR) is 75.6 cm³/mol. The van der Waals surface area contributed by atoms with Gasteiger partial charge in [-0.2, -0.15) is 0 Å². The standard InChI is InChI=1S/C15H15NO3S/c17-15-14(10-11-6-4-5-9-13(11)16-15)20(18,19)12-7-2-1-3-8-12/h1-3,7-8,10H,4-6,9H2,(H,16,17). The molecular formula is C15H15NO3S. The first kappa shape index (κ1) is 13.1. The average molecular weight is 289 g/mol. The van der Waals surface area contributed by atoms with E-state index in [2.05, 4.69) is 4.98 Å². The molecule has 0 saturated heterocycles. The molecule has 0 atom stereocenters. The summed E-state index contributed by atoms with van der Waals surface area (Å²) in [5, 5.41) is 0. The monoisotopic (exact) mass is 289 g/mol. The number of fused-ring (bicyclic) bond motifs is 1. The summed E-state index contributed by atoms with van der Waals surface area (Å²) in [5.41, 5.74) is 1.31. The van der Waals surface area contributed by atoms with Crippen molar-refractivity contribution in [3.05, 3.63) is 58.0 Å². The molecule has 0 bridgehead atoms. The maximum absolute atomic E-state index is 12.5. The van der Waals surface area contributed by atoms with E-state index in [0.717, 1.165) is 36.9 Å². The fourth-order valence-electron chi connectivity index (χ4n) is 2.58. The van der Waals surface area contributed by atoms with Crippen LogP contribution in [-0.2, 0) is 22.7 Å². The zero-order valence-electron chi connectivity index (χ0n) is 10.9. The summed E-state index contributed by atoms with van der Waals surface area (Å²) in [6.45, 7) is 0. The van der Waals surface area contributed by atoms with Gasteiger partial charge in [-0.1, -0.05) is 18.2 Å². The van der Waals surface area contributed by atoms with Crippen molar-refractivity contribution in [2.75, 3.05) is 0 Å². The van der Waals surface area contributed by atoms with Gasteiger partial charge in [-0.15, -0.1) is 0 Å². The maximum Gasteiger partial charge on any atom is 0.267 e. The van der Waals surface area contributed by atoms with Crippen molar-refractivity contribution in [1.29, 1.82) is 0 Å². The molecule has 1 aromatic carbocycles. The number of rotatable bonds is 2. The lowest BCUT2D eigenvalue weighted by atomic mass is 9.96. The summed E-state index contributed by atoms with van der Waals surface area (Å²) in [6, 6.07) is 9.62. The van der Waals surface area contributed by atoms with E-state index in [1.807, 2.05) is 0 Å². The number of H-pyrrole nitrogens is 1. The molecule has 3 rings (SSSR count). The molecule has 20 heavy (non-hydrogen) atoms. The highest BCUT2D eigenvalue weighted by atomic mass is 32.2. The van der Waals surface area contributed by atoms with Crippen molar-refractivity contribution in [3.63, 3.8) is 0 Å². The van der Waals surface area contributed by atoms with E-state index >= 15 is 0 Å². The molecule has 1 aromatic heterocycles. The van der Waals surface area contributed by atoms with Crippen molar-refractivity contribution in [3.8, 4) is 0 Å². The van der Waals surface area contributed by atoms with Crippen LogP contribution in [-0.4, -0.2) is 13.4 Å². The highest BCUT2D eigenvalue weighted by Gasteiger charge is 2.23. The second-order valence-electron chi connectivity index (χ2n) is 4.99. The molecule has 5 heteroatoms. The van der Waals surface area contributed by atoms with E-state index in [9.17, 15) is 13.2 Å². The number of aryl methyl sites for hydroxylation is 2. The first-order valence-electron chi connectivity index (χ1n) is 6.64. The third-order valence-electron chi connectivity index (χ3n) is 3.65. The summed E-state index contributed by atoms with van der Waals surface area (Å²) in [4.78, 5) is 14.8. The summed E-state index contributed by atoms with van der Waals surface area (Å²) in [7, 11) is -3.75. The molecule has 0 amide bonds. The molecule has 0 fully saturated rings. The summed E-state index contributed by atoms with van der Waals surface area (Å²) in [5.74, 6) is 0. The lowest BCUT2D eigenvalue weighted by molar-refractivity contribution is 0.592. The van der Waals surface area contributed by atoms with Crippen molar-refractivity contribution in [1.82, 2.24) is 4.98 Å². The first-order valence-corrected chi connectivity index (χ1v) is 8.12. The molecule has 0 spiro atoms. The molecule has 4 nitrogen and oxygen atoms in total.